The standard InChI is InChI=1S/C25H36N4O2S/c1-3-5-10-22(7-4-2)31-23-11-13-24(14-12-23)32(30)29-16-15-26-25(29)28-19-17-27(18-20-28)21-8-6-9-21/h4,7,10-14,21H,3,5-6,8-9,15-20H2,1-2H3/b7-4-,22-10+. The first-order valence-corrected chi connectivity index (χ1v) is 13.1. The van der Waals surface area contributed by atoms with Crippen LogP contribution >= 0.6 is 0 Å². The number of piperazine rings is 1. The fourth-order valence-electron chi connectivity index (χ4n) is 4.36. The molecule has 2 heterocycles. The van der Waals surface area contributed by atoms with E-state index in [-0.39, 0.29) is 0 Å². The van der Waals surface area contributed by atoms with Crippen molar-refractivity contribution >= 4 is 16.9 Å². The van der Waals surface area contributed by atoms with Crippen molar-refractivity contribution in [3.63, 3.8) is 0 Å². The van der Waals surface area contributed by atoms with Gasteiger partial charge in [-0.2, -0.15) is 0 Å². The Kier molecular flexibility index (Phi) is 8.03. The number of unbranched alkanes of at least 4 members (excludes halogenated alkanes) is 1. The van der Waals surface area contributed by atoms with E-state index >= 15 is 0 Å². The predicted octanol–water partition coefficient (Wildman–Crippen LogP) is 4.19. The second kappa shape index (κ2) is 11.1. The largest absolute Gasteiger partial charge is 0.458 e. The maximum atomic E-state index is 13.4. The molecule has 4 rings (SSSR count). The van der Waals surface area contributed by atoms with Gasteiger partial charge in [-0.15, -0.1) is 0 Å². The van der Waals surface area contributed by atoms with Crippen molar-refractivity contribution in [2.75, 3.05) is 39.3 Å². The summed E-state index contributed by atoms with van der Waals surface area (Å²) in [6.07, 6.45) is 12.2. The Morgan fingerprint density at radius 2 is 1.91 bits per heavy atom. The van der Waals surface area contributed by atoms with Gasteiger partial charge in [0.2, 0.25) is 5.96 Å². The molecule has 3 aliphatic rings. The number of benzene rings is 1. The number of aliphatic imine (C=N–C) groups is 1. The van der Waals surface area contributed by atoms with Gasteiger partial charge in [0.05, 0.1) is 18.0 Å². The molecule has 1 aliphatic carbocycles. The Morgan fingerprint density at radius 1 is 1.16 bits per heavy atom. The van der Waals surface area contributed by atoms with Crippen molar-refractivity contribution in [1.82, 2.24) is 14.1 Å². The summed E-state index contributed by atoms with van der Waals surface area (Å²) >= 11 is 0. The molecule has 0 spiro atoms. The van der Waals surface area contributed by atoms with Crippen LogP contribution in [0, 0.1) is 0 Å². The molecule has 1 aromatic rings. The van der Waals surface area contributed by atoms with Crippen molar-refractivity contribution < 1.29 is 8.95 Å². The summed E-state index contributed by atoms with van der Waals surface area (Å²) in [4.78, 5) is 10.4. The fraction of sp³-hybridized carbons (Fsp3) is 0.560. The molecule has 0 amide bonds. The zero-order valence-corrected chi connectivity index (χ0v) is 20.2. The molecule has 1 saturated heterocycles. The molecule has 6 nitrogen and oxygen atoms in total. The van der Waals surface area contributed by atoms with E-state index in [0.29, 0.717) is 13.1 Å². The van der Waals surface area contributed by atoms with E-state index < -0.39 is 11.0 Å². The summed E-state index contributed by atoms with van der Waals surface area (Å²) in [6, 6.07) is 8.41. The summed E-state index contributed by atoms with van der Waals surface area (Å²) in [5.74, 6) is 2.50. The molecule has 174 valence electrons. The Labute approximate surface area is 195 Å². The van der Waals surface area contributed by atoms with Crippen molar-refractivity contribution in [2.45, 2.75) is 56.9 Å². The minimum atomic E-state index is -1.26. The number of hydrogen-bond acceptors (Lipinski definition) is 5. The van der Waals surface area contributed by atoms with Crippen LogP contribution in [0.15, 0.2) is 58.1 Å². The van der Waals surface area contributed by atoms with E-state index in [1.807, 2.05) is 47.6 Å². The minimum absolute atomic E-state index is 0.703. The highest BCUT2D eigenvalue weighted by Crippen LogP contribution is 2.26. The van der Waals surface area contributed by atoms with Crippen LogP contribution in [-0.4, -0.2) is 69.6 Å². The van der Waals surface area contributed by atoms with E-state index in [2.05, 4.69) is 22.8 Å². The Balaban J connectivity index is 1.36. The van der Waals surface area contributed by atoms with Crippen molar-refractivity contribution in [3.05, 3.63) is 48.3 Å². The van der Waals surface area contributed by atoms with Gasteiger partial charge >= 0.3 is 0 Å². The van der Waals surface area contributed by atoms with E-state index in [9.17, 15) is 4.21 Å². The van der Waals surface area contributed by atoms with Crippen LogP contribution < -0.4 is 4.74 Å². The van der Waals surface area contributed by atoms with Gasteiger partial charge in [0.15, 0.2) is 11.0 Å². The molecule has 0 bridgehead atoms. The molecule has 1 saturated carbocycles. The molecule has 32 heavy (non-hydrogen) atoms. The van der Waals surface area contributed by atoms with Gasteiger partial charge in [-0.25, -0.2) is 4.21 Å². The van der Waals surface area contributed by atoms with Crippen LogP contribution in [0.5, 0.6) is 5.75 Å². The third kappa shape index (κ3) is 5.44. The highest BCUT2D eigenvalue weighted by atomic mass is 32.2. The van der Waals surface area contributed by atoms with Crippen LogP contribution in [0.3, 0.4) is 0 Å². The lowest BCUT2D eigenvalue weighted by atomic mass is 9.91. The summed E-state index contributed by atoms with van der Waals surface area (Å²) in [6.45, 7) is 9.64. The summed E-state index contributed by atoms with van der Waals surface area (Å²) in [7, 11) is -1.26. The average molecular weight is 457 g/mol. The molecule has 0 radical (unpaired) electrons. The van der Waals surface area contributed by atoms with Crippen LogP contribution in [0.25, 0.3) is 0 Å². The van der Waals surface area contributed by atoms with Gasteiger partial charge in [0.25, 0.3) is 0 Å². The summed E-state index contributed by atoms with van der Waals surface area (Å²) < 4.78 is 21.3. The Morgan fingerprint density at radius 3 is 2.53 bits per heavy atom. The molecule has 2 fully saturated rings. The molecule has 1 unspecified atom stereocenters. The summed E-state index contributed by atoms with van der Waals surface area (Å²) in [5.41, 5.74) is 0. The van der Waals surface area contributed by atoms with Crippen molar-refractivity contribution in [2.24, 2.45) is 4.99 Å². The first kappa shape index (κ1) is 23.1. The first-order valence-electron chi connectivity index (χ1n) is 12.0. The molecule has 7 heteroatoms. The lowest BCUT2D eigenvalue weighted by molar-refractivity contribution is 0.0834. The molecular weight excluding hydrogens is 420 g/mol. The SMILES string of the molecule is C/C=C\C(=C/CCC)Oc1ccc(S(=O)N2CCN=C2N2CCN(C3CCC3)CC2)cc1. The van der Waals surface area contributed by atoms with Crippen LogP contribution in [0.4, 0.5) is 0 Å². The topological polar surface area (TPSA) is 48.4 Å². The quantitative estimate of drug-likeness (QED) is 0.435. The van der Waals surface area contributed by atoms with E-state index in [4.69, 9.17) is 9.73 Å². The lowest BCUT2D eigenvalue weighted by Crippen LogP contribution is -2.55. The van der Waals surface area contributed by atoms with Gasteiger partial charge in [0, 0.05) is 32.2 Å². The second-order valence-corrected chi connectivity index (χ2v) is 10.0. The summed E-state index contributed by atoms with van der Waals surface area (Å²) in [5, 5.41) is 0. The van der Waals surface area contributed by atoms with E-state index in [1.165, 1.54) is 19.3 Å². The number of rotatable bonds is 8. The second-order valence-electron chi connectivity index (χ2n) is 8.61. The zero-order chi connectivity index (χ0) is 22.3. The van der Waals surface area contributed by atoms with E-state index in [1.54, 1.807) is 0 Å². The van der Waals surface area contributed by atoms with Gasteiger partial charge in [-0.1, -0.05) is 25.8 Å². The normalized spacial score (nSPS) is 21.7. The molecule has 2 aliphatic heterocycles. The molecule has 1 atom stereocenters. The van der Waals surface area contributed by atoms with Crippen LogP contribution in [0.2, 0.25) is 0 Å². The van der Waals surface area contributed by atoms with Crippen molar-refractivity contribution in [1.29, 1.82) is 0 Å². The lowest BCUT2D eigenvalue weighted by Gasteiger charge is -2.44. The zero-order valence-electron chi connectivity index (χ0n) is 19.4. The third-order valence-corrected chi connectivity index (χ3v) is 7.82. The van der Waals surface area contributed by atoms with E-state index in [0.717, 1.165) is 67.4 Å². The molecule has 0 aromatic heterocycles. The van der Waals surface area contributed by atoms with Gasteiger partial charge < -0.3 is 9.64 Å². The molecular formula is C25H36N4O2S. The fourth-order valence-corrected chi connectivity index (χ4v) is 5.55. The molecule has 0 N–H and O–H groups in total. The maximum absolute atomic E-state index is 13.4. The van der Waals surface area contributed by atoms with Gasteiger partial charge in [-0.05, 0) is 62.6 Å². The maximum Gasteiger partial charge on any atom is 0.209 e. The smallest absolute Gasteiger partial charge is 0.209 e. The minimum Gasteiger partial charge on any atom is -0.458 e. The Hall–Kier alpha value is -2.12. The average Bonchev–Trinajstić information content (AvgIpc) is 3.27. The van der Waals surface area contributed by atoms with Crippen LogP contribution in [-0.2, 0) is 11.0 Å². The Bertz CT molecular complexity index is 868. The molecule has 1 aromatic carbocycles. The van der Waals surface area contributed by atoms with Crippen LogP contribution in [0.1, 0.15) is 46.0 Å². The first-order chi connectivity index (χ1) is 15.7. The third-order valence-electron chi connectivity index (χ3n) is 6.39. The van der Waals surface area contributed by atoms with Crippen molar-refractivity contribution in [3.8, 4) is 5.75 Å². The monoisotopic (exact) mass is 456 g/mol. The van der Waals surface area contributed by atoms with Gasteiger partial charge in [-0.3, -0.25) is 14.2 Å². The highest BCUT2D eigenvalue weighted by Gasteiger charge is 2.33. The number of ether oxygens (including phenoxy) is 1. The number of nitrogens with zero attached hydrogens (tertiary/aromatic N) is 4. The number of guanidine groups is 1. The number of allylic oxidation sites excluding steroid dienone is 3. The predicted molar refractivity (Wildman–Crippen MR) is 131 cm³/mol. The highest BCUT2D eigenvalue weighted by molar-refractivity contribution is 7.83. The van der Waals surface area contributed by atoms with Gasteiger partial charge in [0.1, 0.15) is 11.5 Å². The number of hydrogen-bond donors (Lipinski definition) is 0.